The molecule has 1 aliphatic carbocycles. The largest absolute Gasteiger partial charge is 0.358 e. The highest BCUT2D eigenvalue weighted by Crippen LogP contribution is 2.46. The summed E-state index contributed by atoms with van der Waals surface area (Å²) in [4.78, 5) is 22.4. The van der Waals surface area contributed by atoms with Crippen LogP contribution in [0.3, 0.4) is 0 Å². The zero-order valence-corrected chi connectivity index (χ0v) is 7.29. The smallest absolute Gasteiger partial charge is 0.167 e. The summed E-state index contributed by atoms with van der Waals surface area (Å²) in [6.45, 7) is 3.36. The van der Waals surface area contributed by atoms with Gasteiger partial charge in [-0.3, -0.25) is 9.59 Å². The highest BCUT2D eigenvalue weighted by molar-refractivity contribution is 5.95. The molecule has 1 saturated carbocycles. The van der Waals surface area contributed by atoms with Gasteiger partial charge >= 0.3 is 0 Å². The van der Waals surface area contributed by atoms with Crippen molar-refractivity contribution in [2.45, 2.75) is 38.4 Å². The fourth-order valence-corrected chi connectivity index (χ4v) is 1.86. The van der Waals surface area contributed by atoms with E-state index in [0.717, 1.165) is 6.42 Å². The molecule has 0 aromatic heterocycles. The second kappa shape index (κ2) is 2.16. The molecule has 0 N–H and O–H groups in total. The molecule has 66 valence electrons. The molecule has 3 heteroatoms. The number of carbonyl (C=O) groups excluding carboxylic acids is 2. The van der Waals surface area contributed by atoms with Crippen LogP contribution in [0.25, 0.3) is 0 Å². The molecule has 3 nitrogen and oxygen atoms in total. The van der Waals surface area contributed by atoms with Crippen LogP contribution in [0.2, 0.25) is 0 Å². The summed E-state index contributed by atoms with van der Waals surface area (Å²) in [6, 6.07) is 0. The molecule has 12 heavy (non-hydrogen) atoms. The third-order valence-electron chi connectivity index (χ3n) is 3.00. The monoisotopic (exact) mass is 168 g/mol. The van der Waals surface area contributed by atoms with Crippen LogP contribution in [-0.2, 0) is 14.3 Å². The quantitative estimate of drug-likeness (QED) is 0.542. The fraction of sp³-hybridized carbons (Fsp3) is 0.778. The first-order chi connectivity index (χ1) is 5.54. The Balaban J connectivity index is 2.12. The minimum atomic E-state index is -0.522. The van der Waals surface area contributed by atoms with Crippen molar-refractivity contribution in [3.05, 3.63) is 0 Å². The first kappa shape index (κ1) is 7.92. The summed E-state index contributed by atoms with van der Waals surface area (Å²) < 4.78 is 5.26. The van der Waals surface area contributed by atoms with Gasteiger partial charge in [-0.15, -0.1) is 0 Å². The third-order valence-corrected chi connectivity index (χ3v) is 3.00. The van der Waals surface area contributed by atoms with E-state index < -0.39 is 5.60 Å². The topological polar surface area (TPSA) is 46.7 Å². The molecule has 3 atom stereocenters. The van der Waals surface area contributed by atoms with Crippen LogP contribution >= 0.6 is 0 Å². The van der Waals surface area contributed by atoms with E-state index in [-0.39, 0.29) is 23.6 Å². The van der Waals surface area contributed by atoms with E-state index >= 15 is 0 Å². The van der Waals surface area contributed by atoms with E-state index in [1.807, 2.05) is 6.92 Å². The number of rotatable bonds is 1. The average molecular weight is 168 g/mol. The Labute approximate surface area is 71.1 Å². The first-order valence-corrected chi connectivity index (χ1v) is 4.25. The molecule has 0 bridgehead atoms. The predicted octanol–water partition coefficient (Wildman–Crippen LogP) is 0.712. The maximum Gasteiger partial charge on any atom is 0.167 e. The second-order valence-corrected chi connectivity index (χ2v) is 3.88. The number of carbonyl (C=O) groups is 2. The summed E-state index contributed by atoms with van der Waals surface area (Å²) in [5, 5.41) is 0. The van der Waals surface area contributed by atoms with Gasteiger partial charge in [0.2, 0.25) is 0 Å². The summed E-state index contributed by atoms with van der Waals surface area (Å²) >= 11 is 0. The number of ether oxygens (including phenoxy) is 1. The first-order valence-electron chi connectivity index (χ1n) is 4.25. The number of hydrogen-bond acceptors (Lipinski definition) is 3. The summed E-state index contributed by atoms with van der Waals surface area (Å²) in [5.41, 5.74) is -0.522. The standard InChI is InChI=1S/C9H12O3/c1-5(10)6-3-7(11)9(2)8(4-6)12-9/h6,8H,3-4H2,1-2H3/t6-,8+,9-/m1/s1. The number of hydrogen-bond donors (Lipinski definition) is 0. The van der Waals surface area contributed by atoms with E-state index in [9.17, 15) is 9.59 Å². The van der Waals surface area contributed by atoms with Gasteiger partial charge in [0, 0.05) is 12.3 Å². The van der Waals surface area contributed by atoms with Gasteiger partial charge in [0.1, 0.15) is 11.4 Å². The van der Waals surface area contributed by atoms with Crippen molar-refractivity contribution in [3.63, 3.8) is 0 Å². The Kier molecular flexibility index (Phi) is 1.43. The molecular weight excluding hydrogens is 156 g/mol. The van der Waals surface area contributed by atoms with Gasteiger partial charge in [-0.2, -0.15) is 0 Å². The van der Waals surface area contributed by atoms with E-state index in [1.54, 1.807) is 6.92 Å². The molecule has 0 spiro atoms. The Morgan fingerprint density at radius 2 is 2.33 bits per heavy atom. The van der Waals surface area contributed by atoms with Crippen molar-refractivity contribution < 1.29 is 14.3 Å². The summed E-state index contributed by atoms with van der Waals surface area (Å²) in [5.74, 6) is 0.123. The molecular formula is C9H12O3. The summed E-state index contributed by atoms with van der Waals surface area (Å²) in [6.07, 6.45) is 1.13. The number of ketones is 2. The zero-order chi connectivity index (χ0) is 8.93. The van der Waals surface area contributed by atoms with Gasteiger partial charge in [0.15, 0.2) is 5.78 Å². The molecule has 1 saturated heterocycles. The van der Waals surface area contributed by atoms with Crippen molar-refractivity contribution in [1.29, 1.82) is 0 Å². The molecule has 0 radical (unpaired) electrons. The lowest BCUT2D eigenvalue weighted by Crippen LogP contribution is -2.34. The van der Waals surface area contributed by atoms with Crippen LogP contribution < -0.4 is 0 Å². The lowest BCUT2D eigenvalue weighted by Gasteiger charge is -2.18. The van der Waals surface area contributed by atoms with Crippen LogP contribution in [-0.4, -0.2) is 23.3 Å². The molecule has 0 amide bonds. The molecule has 2 fully saturated rings. The minimum absolute atomic E-state index is 0.0210. The van der Waals surface area contributed by atoms with Gasteiger partial charge < -0.3 is 4.74 Å². The Morgan fingerprint density at radius 1 is 1.67 bits per heavy atom. The molecule has 0 unspecified atom stereocenters. The Hall–Kier alpha value is -0.700. The number of epoxide rings is 1. The fourth-order valence-electron chi connectivity index (χ4n) is 1.86. The van der Waals surface area contributed by atoms with Crippen molar-refractivity contribution in [2.24, 2.45) is 5.92 Å². The molecule has 1 aliphatic heterocycles. The van der Waals surface area contributed by atoms with Gasteiger partial charge in [-0.1, -0.05) is 0 Å². The van der Waals surface area contributed by atoms with E-state index in [2.05, 4.69) is 0 Å². The SMILES string of the molecule is CC(=O)[C@@H]1CC(=O)[C@@]2(C)O[C@H]2C1. The normalized spacial score (nSPS) is 45.3. The van der Waals surface area contributed by atoms with E-state index in [0.29, 0.717) is 6.42 Å². The number of Topliss-reactive ketones (excluding diaryl/α,β-unsaturated/α-hetero) is 2. The molecule has 1 heterocycles. The van der Waals surface area contributed by atoms with Crippen LogP contribution in [0, 0.1) is 5.92 Å². The maximum absolute atomic E-state index is 11.4. The highest BCUT2D eigenvalue weighted by atomic mass is 16.6. The van der Waals surface area contributed by atoms with Crippen LogP contribution in [0.4, 0.5) is 0 Å². The summed E-state index contributed by atoms with van der Waals surface area (Å²) in [7, 11) is 0. The third kappa shape index (κ3) is 0.926. The van der Waals surface area contributed by atoms with Gasteiger partial charge in [0.05, 0.1) is 6.10 Å². The predicted molar refractivity (Wildman–Crippen MR) is 41.7 cm³/mol. The Bertz CT molecular complexity index is 258. The van der Waals surface area contributed by atoms with Crippen LogP contribution in [0.1, 0.15) is 26.7 Å². The average Bonchev–Trinajstić information content (AvgIpc) is 2.62. The van der Waals surface area contributed by atoms with Crippen molar-refractivity contribution >= 4 is 11.6 Å². The zero-order valence-electron chi connectivity index (χ0n) is 7.29. The highest BCUT2D eigenvalue weighted by Gasteiger charge is 2.61. The van der Waals surface area contributed by atoms with E-state index in [4.69, 9.17) is 4.74 Å². The van der Waals surface area contributed by atoms with Crippen LogP contribution in [0.15, 0.2) is 0 Å². The van der Waals surface area contributed by atoms with Crippen molar-refractivity contribution in [1.82, 2.24) is 0 Å². The van der Waals surface area contributed by atoms with Crippen LogP contribution in [0.5, 0.6) is 0 Å². The van der Waals surface area contributed by atoms with Gasteiger partial charge in [-0.25, -0.2) is 0 Å². The second-order valence-electron chi connectivity index (χ2n) is 3.88. The maximum atomic E-state index is 11.4. The van der Waals surface area contributed by atoms with E-state index in [1.165, 1.54) is 0 Å². The Morgan fingerprint density at radius 3 is 2.83 bits per heavy atom. The minimum Gasteiger partial charge on any atom is -0.358 e. The molecule has 2 aliphatic rings. The van der Waals surface area contributed by atoms with Crippen molar-refractivity contribution in [2.75, 3.05) is 0 Å². The molecule has 0 aromatic rings. The van der Waals surface area contributed by atoms with Gasteiger partial charge in [0.25, 0.3) is 0 Å². The molecule has 2 rings (SSSR count). The van der Waals surface area contributed by atoms with Crippen molar-refractivity contribution in [3.8, 4) is 0 Å². The lowest BCUT2D eigenvalue weighted by atomic mass is 9.80. The van der Waals surface area contributed by atoms with Gasteiger partial charge in [-0.05, 0) is 20.3 Å². The number of fused-ring (bicyclic) bond motifs is 1. The lowest BCUT2D eigenvalue weighted by molar-refractivity contribution is -0.130. The molecule has 0 aromatic carbocycles.